The molecule has 0 amide bonds. The van der Waals surface area contributed by atoms with Crippen molar-refractivity contribution in [2.75, 3.05) is 20.1 Å². The van der Waals surface area contributed by atoms with Crippen molar-refractivity contribution >= 4 is 22.9 Å². The molecule has 0 spiro atoms. The Bertz CT molecular complexity index is 928. The van der Waals surface area contributed by atoms with Gasteiger partial charge in [-0.25, -0.2) is 4.98 Å². The lowest BCUT2D eigenvalue weighted by molar-refractivity contribution is 0.299. The summed E-state index contributed by atoms with van der Waals surface area (Å²) in [6.45, 7) is 3.59. The van der Waals surface area contributed by atoms with Crippen molar-refractivity contribution in [2.45, 2.75) is 32.0 Å². The van der Waals surface area contributed by atoms with E-state index in [2.05, 4.69) is 45.8 Å². The van der Waals surface area contributed by atoms with E-state index in [4.69, 9.17) is 16.3 Å². The molecule has 1 fully saturated rings. The van der Waals surface area contributed by atoms with Gasteiger partial charge in [0.05, 0.1) is 5.69 Å². The van der Waals surface area contributed by atoms with Gasteiger partial charge in [-0.15, -0.1) is 11.3 Å². The molecule has 29 heavy (non-hydrogen) atoms. The molecule has 3 aromatic rings. The van der Waals surface area contributed by atoms with Crippen LogP contribution in [0.25, 0.3) is 11.3 Å². The van der Waals surface area contributed by atoms with Gasteiger partial charge in [-0.3, -0.25) is 0 Å². The predicted octanol–water partition coefficient (Wildman–Crippen LogP) is 5.23. The lowest BCUT2D eigenvalue weighted by Gasteiger charge is -2.19. The monoisotopic (exact) mass is 427 g/mol. The largest absolute Gasteiger partial charge is 0.486 e. The highest BCUT2D eigenvalue weighted by atomic mass is 35.5. The fourth-order valence-electron chi connectivity index (χ4n) is 3.64. The molecule has 0 radical (unpaired) electrons. The Morgan fingerprint density at radius 1 is 1.24 bits per heavy atom. The average molecular weight is 428 g/mol. The second-order valence-corrected chi connectivity index (χ2v) is 8.86. The molecule has 0 bridgehead atoms. The lowest BCUT2D eigenvalue weighted by Crippen LogP contribution is -2.35. The molecule has 1 saturated heterocycles. The van der Waals surface area contributed by atoms with Gasteiger partial charge >= 0.3 is 0 Å². The van der Waals surface area contributed by atoms with E-state index >= 15 is 0 Å². The summed E-state index contributed by atoms with van der Waals surface area (Å²) in [5.74, 6) is 0.880. The van der Waals surface area contributed by atoms with E-state index < -0.39 is 0 Å². The van der Waals surface area contributed by atoms with E-state index in [9.17, 15) is 0 Å². The van der Waals surface area contributed by atoms with Crippen LogP contribution in [0, 0.1) is 0 Å². The van der Waals surface area contributed by atoms with Gasteiger partial charge in [0, 0.05) is 35.1 Å². The zero-order valence-electron chi connectivity index (χ0n) is 16.6. The number of ether oxygens (including phenoxy) is 1. The number of thiazole rings is 1. The number of hydrogen-bond donors (Lipinski definition) is 1. The normalized spacial score (nSPS) is 17.0. The second-order valence-electron chi connectivity index (χ2n) is 7.48. The van der Waals surface area contributed by atoms with Crippen LogP contribution in [0.1, 0.15) is 23.4 Å². The fraction of sp³-hybridized carbons (Fsp3) is 0.348. The molecule has 4 rings (SSSR count). The van der Waals surface area contributed by atoms with E-state index in [1.807, 2.05) is 30.3 Å². The summed E-state index contributed by atoms with van der Waals surface area (Å²) < 4.78 is 5.99. The third-order valence-corrected chi connectivity index (χ3v) is 6.41. The summed E-state index contributed by atoms with van der Waals surface area (Å²) in [5, 5.41) is 7.34. The van der Waals surface area contributed by atoms with Gasteiger partial charge in [0.25, 0.3) is 0 Å². The van der Waals surface area contributed by atoms with Crippen LogP contribution in [0.15, 0.2) is 53.9 Å². The molecule has 1 unspecified atom stereocenters. The predicted molar refractivity (Wildman–Crippen MR) is 121 cm³/mol. The first-order valence-electron chi connectivity index (χ1n) is 10.0. The molecule has 2 aromatic carbocycles. The zero-order chi connectivity index (χ0) is 20.1. The Hall–Kier alpha value is -1.92. The van der Waals surface area contributed by atoms with Crippen molar-refractivity contribution in [1.29, 1.82) is 0 Å². The lowest BCUT2D eigenvalue weighted by atomic mass is 10.2. The Balaban J connectivity index is 1.29. The molecule has 1 aromatic heterocycles. The van der Waals surface area contributed by atoms with Gasteiger partial charge in [-0.05, 0) is 56.3 Å². The van der Waals surface area contributed by atoms with Crippen molar-refractivity contribution in [1.82, 2.24) is 15.2 Å². The molecular formula is C23H26ClN3OS. The van der Waals surface area contributed by atoms with Crippen LogP contribution < -0.4 is 10.1 Å². The SMILES string of the molecule is CN1CCCC1CNCc1cccc(OCc2nc(-c3ccc(Cl)cc3)cs2)c1. The third kappa shape index (κ3) is 5.58. The molecule has 0 saturated carbocycles. The van der Waals surface area contributed by atoms with Crippen molar-refractivity contribution in [3.63, 3.8) is 0 Å². The molecule has 1 aliphatic rings. The summed E-state index contributed by atoms with van der Waals surface area (Å²) >= 11 is 7.58. The van der Waals surface area contributed by atoms with Crippen LogP contribution in [-0.2, 0) is 13.2 Å². The van der Waals surface area contributed by atoms with Gasteiger partial charge in [0.15, 0.2) is 0 Å². The number of nitrogens with one attached hydrogen (secondary N) is 1. The van der Waals surface area contributed by atoms with E-state index in [1.165, 1.54) is 24.9 Å². The van der Waals surface area contributed by atoms with E-state index in [0.29, 0.717) is 12.6 Å². The van der Waals surface area contributed by atoms with Gasteiger partial charge in [0.2, 0.25) is 0 Å². The highest BCUT2D eigenvalue weighted by Crippen LogP contribution is 2.24. The maximum atomic E-state index is 5.99. The Labute approximate surface area is 181 Å². The summed E-state index contributed by atoms with van der Waals surface area (Å²) in [6, 6.07) is 16.7. The highest BCUT2D eigenvalue weighted by molar-refractivity contribution is 7.09. The number of aromatic nitrogens is 1. The topological polar surface area (TPSA) is 37.4 Å². The van der Waals surface area contributed by atoms with Crippen molar-refractivity contribution in [2.24, 2.45) is 0 Å². The smallest absolute Gasteiger partial charge is 0.140 e. The first-order chi connectivity index (χ1) is 14.2. The van der Waals surface area contributed by atoms with Crippen LogP contribution >= 0.6 is 22.9 Å². The first-order valence-corrected chi connectivity index (χ1v) is 11.3. The number of benzene rings is 2. The Kier molecular flexibility index (Phi) is 6.82. The molecule has 1 atom stereocenters. The van der Waals surface area contributed by atoms with E-state index in [0.717, 1.165) is 40.1 Å². The number of rotatable bonds is 8. The number of likely N-dealkylation sites (N-methyl/N-ethyl adjacent to an activating group) is 1. The summed E-state index contributed by atoms with van der Waals surface area (Å²) in [6.07, 6.45) is 2.60. The molecule has 0 aliphatic carbocycles. The maximum absolute atomic E-state index is 5.99. The van der Waals surface area contributed by atoms with Gasteiger partial charge in [-0.2, -0.15) is 0 Å². The van der Waals surface area contributed by atoms with Gasteiger partial charge in [0.1, 0.15) is 17.4 Å². The number of likely N-dealkylation sites (tertiary alicyclic amines) is 1. The Morgan fingerprint density at radius 2 is 2.10 bits per heavy atom. The molecule has 1 aliphatic heterocycles. The minimum atomic E-state index is 0.474. The van der Waals surface area contributed by atoms with Crippen LogP contribution in [0.5, 0.6) is 5.75 Å². The summed E-state index contributed by atoms with van der Waals surface area (Å²) in [5.41, 5.74) is 3.27. The van der Waals surface area contributed by atoms with E-state index in [-0.39, 0.29) is 0 Å². The summed E-state index contributed by atoms with van der Waals surface area (Å²) in [7, 11) is 2.21. The molecule has 6 heteroatoms. The highest BCUT2D eigenvalue weighted by Gasteiger charge is 2.19. The molecule has 152 valence electrons. The number of nitrogens with zero attached hydrogens (tertiary/aromatic N) is 2. The standard InChI is InChI=1S/C23H26ClN3OS/c1-27-11-3-5-20(27)14-25-13-17-4-2-6-21(12-17)28-15-23-26-22(16-29-23)18-7-9-19(24)10-8-18/h2,4,6-10,12,16,20,25H,3,5,11,13-15H2,1H3. The van der Waals surface area contributed by atoms with Crippen LogP contribution in [0.3, 0.4) is 0 Å². The van der Waals surface area contributed by atoms with Crippen LogP contribution in [0.4, 0.5) is 0 Å². The molecule has 1 N–H and O–H groups in total. The van der Waals surface area contributed by atoms with Crippen molar-refractivity contribution in [3.05, 3.63) is 69.5 Å². The maximum Gasteiger partial charge on any atom is 0.140 e. The number of hydrogen-bond acceptors (Lipinski definition) is 5. The van der Waals surface area contributed by atoms with Crippen molar-refractivity contribution in [3.8, 4) is 17.0 Å². The molecule has 2 heterocycles. The van der Waals surface area contributed by atoms with Crippen molar-refractivity contribution < 1.29 is 4.74 Å². The van der Waals surface area contributed by atoms with Crippen LogP contribution in [0.2, 0.25) is 5.02 Å². The minimum Gasteiger partial charge on any atom is -0.486 e. The fourth-order valence-corrected chi connectivity index (χ4v) is 4.48. The zero-order valence-corrected chi connectivity index (χ0v) is 18.2. The Morgan fingerprint density at radius 3 is 2.90 bits per heavy atom. The molecular weight excluding hydrogens is 402 g/mol. The third-order valence-electron chi connectivity index (χ3n) is 5.33. The number of halogens is 1. The quantitative estimate of drug-likeness (QED) is 0.534. The van der Waals surface area contributed by atoms with Gasteiger partial charge in [-0.1, -0.05) is 35.9 Å². The summed E-state index contributed by atoms with van der Waals surface area (Å²) in [4.78, 5) is 7.13. The minimum absolute atomic E-state index is 0.474. The van der Waals surface area contributed by atoms with Gasteiger partial charge < -0.3 is 15.0 Å². The second kappa shape index (κ2) is 9.72. The average Bonchev–Trinajstić information content (AvgIpc) is 3.37. The molecule has 4 nitrogen and oxygen atoms in total. The first kappa shape index (κ1) is 20.4. The van der Waals surface area contributed by atoms with Crippen LogP contribution in [-0.4, -0.2) is 36.1 Å². The van der Waals surface area contributed by atoms with E-state index in [1.54, 1.807) is 11.3 Å².